The zero-order valence-corrected chi connectivity index (χ0v) is 19.0. The van der Waals surface area contributed by atoms with E-state index >= 15 is 0 Å². The zero-order chi connectivity index (χ0) is 20.1. The standard InChI is InChI=1S/C24H43N3S/c1-2-3-4-5-6-7-8-9-10-11-12-13-14-15-16-17-21-26-24(28)27-23-19-18-20-25-22-23/h18-20,22H,2-17,21H2,1H3,(H2,26,27,28). The molecule has 0 aromatic carbocycles. The van der Waals surface area contributed by atoms with E-state index in [1.807, 2.05) is 12.1 Å². The van der Waals surface area contributed by atoms with Crippen molar-refractivity contribution >= 4 is 23.0 Å². The number of aromatic nitrogens is 1. The Kier molecular flexibility index (Phi) is 17.0. The molecule has 3 nitrogen and oxygen atoms in total. The van der Waals surface area contributed by atoms with Crippen molar-refractivity contribution in [1.29, 1.82) is 0 Å². The Hall–Kier alpha value is -1.16. The second kappa shape index (κ2) is 19.2. The Morgan fingerprint density at radius 3 is 1.75 bits per heavy atom. The topological polar surface area (TPSA) is 37.0 Å². The number of hydrogen-bond donors (Lipinski definition) is 2. The van der Waals surface area contributed by atoms with E-state index in [4.69, 9.17) is 12.2 Å². The molecule has 4 heteroatoms. The molecule has 1 aromatic heterocycles. The summed E-state index contributed by atoms with van der Waals surface area (Å²) < 4.78 is 0. The van der Waals surface area contributed by atoms with Crippen LogP contribution < -0.4 is 10.6 Å². The largest absolute Gasteiger partial charge is 0.362 e. The van der Waals surface area contributed by atoms with E-state index in [0.717, 1.165) is 12.2 Å². The van der Waals surface area contributed by atoms with Crippen LogP contribution in [0.15, 0.2) is 24.5 Å². The molecule has 0 aliphatic heterocycles. The summed E-state index contributed by atoms with van der Waals surface area (Å²) in [5, 5.41) is 7.12. The number of rotatable bonds is 18. The van der Waals surface area contributed by atoms with E-state index in [9.17, 15) is 0 Å². The summed E-state index contributed by atoms with van der Waals surface area (Å²) in [5.41, 5.74) is 0.937. The fourth-order valence-corrected chi connectivity index (χ4v) is 3.71. The van der Waals surface area contributed by atoms with Crippen LogP contribution in [0.3, 0.4) is 0 Å². The molecule has 0 radical (unpaired) electrons. The summed E-state index contributed by atoms with van der Waals surface area (Å²) in [6, 6.07) is 3.87. The van der Waals surface area contributed by atoms with Gasteiger partial charge in [0, 0.05) is 12.7 Å². The molecule has 28 heavy (non-hydrogen) atoms. The lowest BCUT2D eigenvalue weighted by Gasteiger charge is -2.09. The van der Waals surface area contributed by atoms with E-state index in [2.05, 4.69) is 22.5 Å². The van der Waals surface area contributed by atoms with Gasteiger partial charge in [-0.1, -0.05) is 103 Å². The molecule has 0 saturated heterocycles. The number of hydrogen-bond acceptors (Lipinski definition) is 2. The Balaban J connectivity index is 1.74. The highest BCUT2D eigenvalue weighted by atomic mass is 32.1. The van der Waals surface area contributed by atoms with Gasteiger partial charge in [0.15, 0.2) is 5.11 Å². The average molecular weight is 406 g/mol. The summed E-state index contributed by atoms with van der Waals surface area (Å²) in [7, 11) is 0. The van der Waals surface area contributed by atoms with Crippen molar-refractivity contribution < 1.29 is 0 Å². The van der Waals surface area contributed by atoms with Gasteiger partial charge in [-0.2, -0.15) is 0 Å². The third-order valence-electron chi connectivity index (χ3n) is 5.24. The van der Waals surface area contributed by atoms with E-state index < -0.39 is 0 Å². The quantitative estimate of drug-likeness (QED) is 0.194. The van der Waals surface area contributed by atoms with E-state index in [1.54, 1.807) is 12.4 Å². The summed E-state index contributed by atoms with van der Waals surface area (Å²) in [6.07, 6.45) is 26.0. The number of nitrogens with one attached hydrogen (secondary N) is 2. The predicted molar refractivity (Wildman–Crippen MR) is 128 cm³/mol. The van der Waals surface area contributed by atoms with Gasteiger partial charge in [0.25, 0.3) is 0 Å². The van der Waals surface area contributed by atoms with Crippen LogP contribution in [0.4, 0.5) is 5.69 Å². The lowest BCUT2D eigenvalue weighted by molar-refractivity contribution is 0.529. The van der Waals surface area contributed by atoms with E-state index in [-0.39, 0.29) is 0 Å². The van der Waals surface area contributed by atoms with Crippen molar-refractivity contribution in [3.05, 3.63) is 24.5 Å². The van der Waals surface area contributed by atoms with Crippen molar-refractivity contribution in [3.63, 3.8) is 0 Å². The molecule has 0 aliphatic carbocycles. The van der Waals surface area contributed by atoms with Crippen molar-refractivity contribution in [2.75, 3.05) is 11.9 Å². The number of unbranched alkanes of at least 4 members (excludes halogenated alkanes) is 15. The maximum Gasteiger partial charge on any atom is 0.170 e. The molecule has 0 spiro atoms. The molecular formula is C24H43N3S. The van der Waals surface area contributed by atoms with Crippen LogP contribution in [-0.2, 0) is 0 Å². The highest BCUT2D eigenvalue weighted by molar-refractivity contribution is 7.80. The second-order valence-electron chi connectivity index (χ2n) is 7.93. The maximum absolute atomic E-state index is 5.30. The fourth-order valence-electron chi connectivity index (χ4n) is 3.49. The summed E-state index contributed by atoms with van der Waals surface area (Å²) in [5.74, 6) is 0. The minimum atomic E-state index is 0.689. The summed E-state index contributed by atoms with van der Waals surface area (Å²) >= 11 is 5.30. The van der Waals surface area contributed by atoms with Gasteiger partial charge in [-0.05, 0) is 30.8 Å². The van der Waals surface area contributed by atoms with Crippen LogP contribution in [0.2, 0.25) is 0 Å². The molecule has 0 bridgehead atoms. The molecule has 0 atom stereocenters. The van der Waals surface area contributed by atoms with Gasteiger partial charge < -0.3 is 10.6 Å². The summed E-state index contributed by atoms with van der Waals surface area (Å²) in [4.78, 5) is 4.07. The molecule has 2 N–H and O–H groups in total. The van der Waals surface area contributed by atoms with Gasteiger partial charge in [0.1, 0.15) is 0 Å². The minimum Gasteiger partial charge on any atom is -0.362 e. The molecule has 1 rings (SSSR count). The van der Waals surface area contributed by atoms with Crippen molar-refractivity contribution in [3.8, 4) is 0 Å². The van der Waals surface area contributed by atoms with Crippen LogP contribution in [-0.4, -0.2) is 16.6 Å². The second-order valence-corrected chi connectivity index (χ2v) is 8.33. The number of nitrogens with zero attached hydrogens (tertiary/aromatic N) is 1. The minimum absolute atomic E-state index is 0.689. The van der Waals surface area contributed by atoms with Crippen molar-refractivity contribution in [2.45, 2.75) is 110 Å². The highest BCUT2D eigenvalue weighted by Crippen LogP contribution is 2.13. The van der Waals surface area contributed by atoms with Gasteiger partial charge >= 0.3 is 0 Å². The lowest BCUT2D eigenvalue weighted by Crippen LogP contribution is -2.29. The number of thiocarbonyl (C=S) groups is 1. The molecule has 1 aromatic rings. The van der Waals surface area contributed by atoms with E-state index in [1.165, 1.54) is 103 Å². The van der Waals surface area contributed by atoms with Gasteiger partial charge in [-0.3, -0.25) is 4.98 Å². The first-order valence-corrected chi connectivity index (χ1v) is 12.2. The molecular weight excluding hydrogens is 362 g/mol. The monoisotopic (exact) mass is 405 g/mol. The molecule has 0 amide bonds. The first kappa shape index (κ1) is 24.9. The van der Waals surface area contributed by atoms with Crippen LogP contribution in [0.5, 0.6) is 0 Å². The Labute approximate surface area is 179 Å². The predicted octanol–water partition coefficient (Wildman–Crippen LogP) is 7.63. The number of anilines is 1. The molecule has 160 valence electrons. The van der Waals surface area contributed by atoms with Crippen LogP contribution in [0, 0.1) is 0 Å². The van der Waals surface area contributed by atoms with Crippen LogP contribution >= 0.6 is 12.2 Å². The van der Waals surface area contributed by atoms with Crippen LogP contribution in [0.25, 0.3) is 0 Å². The Bertz CT molecular complexity index is 464. The lowest BCUT2D eigenvalue weighted by atomic mass is 10.0. The molecule has 0 aliphatic rings. The maximum atomic E-state index is 5.30. The van der Waals surface area contributed by atoms with Crippen molar-refractivity contribution in [1.82, 2.24) is 10.3 Å². The molecule has 0 fully saturated rings. The zero-order valence-electron chi connectivity index (χ0n) is 18.2. The highest BCUT2D eigenvalue weighted by Gasteiger charge is 1.97. The normalized spacial score (nSPS) is 10.8. The number of pyridine rings is 1. The third-order valence-corrected chi connectivity index (χ3v) is 5.48. The van der Waals surface area contributed by atoms with Crippen LogP contribution in [0.1, 0.15) is 110 Å². The average Bonchev–Trinajstić information content (AvgIpc) is 2.71. The van der Waals surface area contributed by atoms with Gasteiger partial charge in [0.05, 0.1) is 11.9 Å². The molecule has 0 saturated carbocycles. The third kappa shape index (κ3) is 15.9. The summed E-state index contributed by atoms with van der Waals surface area (Å²) in [6.45, 7) is 3.24. The Morgan fingerprint density at radius 2 is 1.29 bits per heavy atom. The molecule has 0 unspecified atom stereocenters. The SMILES string of the molecule is CCCCCCCCCCCCCCCCCCNC(=S)Nc1cccnc1. The van der Waals surface area contributed by atoms with Crippen molar-refractivity contribution in [2.24, 2.45) is 0 Å². The first-order valence-electron chi connectivity index (χ1n) is 11.8. The molecule has 1 heterocycles. The Morgan fingerprint density at radius 1 is 0.786 bits per heavy atom. The van der Waals surface area contributed by atoms with Gasteiger partial charge in [-0.15, -0.1) is 0 Å². The smallest absolute Gasteiger partial charge is 0.170 e. The fraction of sp³-hybridized carbons (Fsp3) is 0.750. The van der Waals surface area contributed by atoms with Gasteiger partial charge in [0.2, 0.25) is 0 Å². The van der Waals surface area contributed by atoms with Gasteiger partial charge in [-0.25, -0.2) is 0 Å². The first-order chi connectivity index (χ1) is 13.8. The van der Waals surface area contributed by atoms with E-state index in [0.29, 0.717) is 5.11 Å².